The Kier molecular flexibility index (Phi) is 4.92. The molecule has 0 amide bonds. The number of rotatable bonds is 3. The molecule has 0 saturated heterocycles. The van der Waals surface area contributed by atoms with E-state index in [1.807, 2.05) is 18.2 Å². The lowest BCUT2D eigenvalue weighted by atomic mass is 9.70. The van der Waals surface area contributed by atoms with Crippen LogP contribution in [0, 0.1) is 0 Å². The van der Waals surface area contributed by atoms with Gasteiger partial charge in [-0.2, -0.15) is 0 Å². The van der Waals surface area contributed by atoms with Crippen LogP contribution in [-0.4, -0.2) is 4.98 Å². The Morgan fingerprint density at radius 2 is 1.07 bits per heavy atom. The van der Waals surface area contributed by atoms with E-state index in [2.05, 4.69) is 139 Å². The van der Waals surface area contributed by atoms with Gasteiger partial charge in [0.05, 0.1) is 5.41 Å². The van der Waals surface area contributed by atoms with E-state index in [-0.39, 0.29) is 5.41 Å². The van der Waals surface area contributed by atoms with E-state index < -0.39 is 0 Å². The third-order valence-corrected chi connectivity index (χ3v) is 9.70. The van der Waals surface area contributed by atoms with Gasteiger partial charge < -0.3 is 9.73 Å². The van der Waals surface area contributed by atoms with E-state index >= 15 is 0 Å². The van der Waals surface area contributed by atoms with E-state index in [1.54, 1.807) is 0 Å². The van der Waals surface area contributed by atoms with Crippen LogP contribution in [0.25, 0.3) is 55.6 Å². The summed E-state index contributed by atoms with van der Waals surface area (Å²) in [6.07, 6.45) is 0. The maximum atomic E-state index is 6.17. The number of oxazole rings is 1. The predicted octanol–water partition coefficient (Wildman–Crippen LogP) is 10.7. The van der Waals surface area contributed by atoms with E-state index in [9.17, 15) is 0 Å². The molecule has 0 atom stereocenters. The second kappa shape index (κ2) is 9.04. The standard InChI is InChI=1S/C42H26N2O/c1-2-10-30-26(9-1)19-24-39-40(30)44-41(45-39)27-17-20-28(21-18-27)43-29-22-23-38-34(25-29)33-13-5-8-16-37(33)42(38)35-14-6-3-11-31(35)32-12-4-7-15-36(32)42/h1-25,43H. The van der Waals surface area contributed by atoms with Crippen molar-refractivity contribution < 1.29 is 4.42 Å². The molecule has 3 heteroatoms. The summed E-state index contributed by atoms with van der Waals surface area (Å²) in [6, 6.07) is 54.3. The average Bonchev–Trinajstić information content (AvgIpc) is 3.76. The lowest BCUT2D eigenvalue weighted by Gasteiger charge is -2.30. The molecule has 7 aromatic carbocycles. The van der Waals surface area contributed by atoms with Gasteiger partial charge in [-0.15, -0.1) is 0 Å². The fraction of sp³-hybridized carbons (Fsp3) is 0.0238. The first-order valence-corrected chi connectivity index (χ1v) is 15.4. The molecule has 10 rings (SSSR count). The Bertz CT molecular complexity index is 2420. The second-order valence-corrected chi connectivity index (χ2v) is 12.0. The summed E-state index contributed by atoms with van der Waals surface area (Å²) in [5, 5.41) is 5.93. The molecule has 3 nitrogen and oxygen atoms in total. The van der Waals surface area contributed by atoms with Crippen molar-refractivity contribution in [1.82, 2.24) is 4.98 Å². The van der Waals surface area contributed by atoms with E-state index in [0.29, 0.717) is 5.89 Å². The zero-order valence-corrected chi connectivity index (χ0v) is 24.3. The number of anilines is 2. The van der Waals surface area contributed by atoms with Crippen LogP contribution < -0.4 is 5.32 Å². The summed E-state index contributed by atoms with van der Waals surface area (Å²) < 4.78 is 6.17. The molecule has 0 aliphatic heterocycles. The van der Waals surface area contributed by atoms with Crippen LogP contribution in [0.3, 0.4) is 0 Å². The maximum Gasteiger partial charge on any atom is 0.227 e. The van der Waals surface area contributed by atoms with Crippen LogP contribution in [0.1, 0.15) is 22.3 Å². The van der Waals surface area contributed by atoms with Gasteiger partial charge in [-0.3, -0.25) is 0 Å². The van der Waals surface area contributed by atoms with Crippen LogP contribution in [0.5, 0.6) is 0 Å². The Morgan fingerprint density at radius 1 is 0.489 bits per heavy atom. The van der Waals surface area contributed by atoms with Gasteiger partial charge in [-0.05, 0) is 92.4 Å². The zero-order chi connectivity index (χ0) is 29.5. The topological polar surface area (TPSA) is 38.1 Å². The Labute approximate surface area is 260 Å². The van der Waals surface area contributed by atoms with E-state index in [4.69, 9.17) is 9.40 Å². The van der Waals surface area contributed by atoms with Gasteiger partial charge in [0.2, 0.25) is 5.89 Å². The number of aromatic nitrogens is 1. The summed E-state index contributed by atoms with van der Waals surface area (Å²) >= 11 is 0. The molecule has 45 heavy (non-hydrogen) atoms. The monoisotopic (exact) mass is 574 g/mol. The number of benzene rings is 7. The highest BCUT2D eigenvalue weighted by Crippen LogP contribution is 2.62. The largest absolute Gasteiger partial charge is 0.436 e. The van der Waals surface area contributed by atoms with Crippen LogP contribution in [0.2, 0.25) is 0 Å². The van der Waals surface area contributed by atoms with Crippen molar-refractivity contribution in [1.29, 1.82) is 0 Å². The second-order valence-electron chi connectivity index (χ2n) is 12.0. The number of hydrogen-bond acceptors (Lipinski definition) is 3. The third kappa shape index (κ3) is 3.32. The number of hydrogen-bond donors (Lipinski definition) is 1. The van der Waals surface area contributed by atoms with Crippen molar-refractivity contribution in [2.45, 2.75) is 5.41 Å². The average molecular weight is 575 g/mol. The Hall–Kier alpha value is -5.93. The molecule has 1 heterocycles. The van der Waals surface area contributed by atoms with E-state index in [0.717, 1.165) is 38.8 Å². The van der Waals surface area contributed by atoms with Crippen LogP contribution in [0.4, 0.5) is 11.4 Å². The number of nitrogens with zero attached hydrogens (tertiary/aromatic N) is 1. The maximum absolute atomic E-state index is 6.17. The van der Waals surface area contributed by atoms with Gasteiger partial charge in [0, 0.05) is 22.3 Å². The zero-order valence-electron chi connectivity index (χ0n) is 24.3. The minimum absolute atomic E-state index is 0.315. The first-order chi connectivity index (χ1) is 22.3. The molecule has 0 fully saturated rings. The molecular weight excluding hydrogens is 548 g/mol. The first-order valence-electron chi connectivity index (χ1n) is 15.4. The molecule has 2 aliphatic carbocycles. The van der Waals surface area contributed by atoms with Crippen molar-refractivity contribution in [3.05, 3.63) is 174 Å². The molecule has 1 N–H and O–H groups in total. The fourth-order valence-electron chi connectivity index (χ4n) is 7.82. The summed E-state index contributed by atoms with van der Waals surface area (Å²) in [7, 11) is 0. The van der Waals surface area contributed by atoms with Crippen molar-refractivity contribution in [3.8, 4) is 33.7 Å². The highest BCUT2D eigenvalue weighted by molar-refractivity contribution is 6.04. The van der Waals surface area contributed by atoms with Crippen LogP contribution >= 0.6 is 0 Å². The highest BCUT2D eigenvalue weighted by Gasteiger charge is 2.51. The molecule has 0 bridgehead atoms. The van der Waals surface area contributed by atoms with Crippen molar-refractivity contribution >= 4 is 33.2 Å². The summed E-state index contributed by atoms with van der Waals surface area (Å²) in [4.78, 5) is 4.87. The molecule has 0 saturated carbocycles. The quantitative estimate of drug-likeness (QED) is 0.228. The van der Waals surface area contributed by atoms with Crippen LogP contribution in [-0.2, 0) is 5.41 Å². The number of fused-ring (bicyclic) bond motifs is 13. The summed E-state index contributed by atoms with van der Waals surface area (Å²) in [6.45, 7) is 0. The lowest BCUT2D eigenvalue weighted by Crippen LogP contribution is -2.25. The molecule has 1 spiro atoms. The molecule has 1 aromatic heterocycles. The molecule has 0 radical (unpaired) electrons. The van der Waals surface area contributed by atoms with Crippen LogP contribution in [0.15, 0.2) is 156 Å². The van der Waals surface area contributed by atoms with Gasteiger partial charge in [0.1, 0.15) is 5.52 Å². The fourth-order valence-corrected chi connectivity index (χ4v) is 7.82. The van der Waals surface area contributed by atoms with Crippen molar-refractivity contribution in [2.75, 3.05) is 5.32 Å². The summed E-state index contributed by atoms with van der Waals surface area (Å²) in [5.41, 5.74) is 15.0. The SMILES string of the molecule is c1ccc2c(c1)-c1ccccc1C21c2ccccc2-c2cc(Nc3ccc(-c4nc5c(ccc6ccccc65)o4)cc3)ccc21. The predicted molar refractivity (Wildman–Crippen MR) is 183 cm³/mol. The van der Waals surface area contributed by atoms with Gasteiger partial charge in [0.25, 0.3) is 0 Å². The molecular formula is C42H26N2O. The highest BCUT2D eigenvalue weighted by atomic mass is 16.3. The minimum Gasteiger partial charge on any atom is -0.436 e. The van der Waals surface area contributed by atoms with Crippen molar-refractivity contribution in [2.24, 2.45) is 0 Å². The molecule has 8 aromatic rings. The van der Waals surface area contributed by atoms with Gasteiger partial charge in [0.15, 0.2) is 5.58 Å². The first kappa shape index (κ1) is 24.5. The van der Waals surface area contributed by atoms with Gasteiger partial charge in [-0.25, -0.2) is 4.98 Å². The summed E-state index contributed by atoms with van der Waals surface area (Å²) in [5.74, 6) is 0.629. The van der Waals surface area contributed by atoms with E-state index in [1.165, 1.54) is 44.5 Å². The molecule has 210 valence electrons. The minimum atomic E-state index is -0.315. The Balaban J connectivity index is 1.03. The van der Waals surface area contributed by atoms with Crippen molar-refractivity contribution in [3.63, 3.8) is 0 Å². The molecule has 0 unspecified atom stereocenters. The third-order valence-electron chi connectivity index (χ3n) is 9.70. The lowest BCUT2D eigenvalue weighted by molar-refractivity contribution is 0.620. The van der Waals surface area contributed by atoms with Gasteiger partial charge >= 0.3 is 0 Å². The smallest absolute Gasteiger partial charge is 0.227 e. The van der Waals surface area contributed by atoms with Gasteiger partial charge in [-0.1, -0.05) is 109 Å². The normalized spacial score (nSPS) is 13.5. The number of nitrogens with one attached hydrogen (secondary N) is 1. The molecule has 2 aliphatic rings. The Morgan fingerprint density at radius 3 is 1.78 bits per heavy atom.